The van der Waals surface area contributed by atoms with Crippen molar-refractivity contribution in [3.8, 4) is 6.07 Å². The van der Waals surface area contributed by atoms with Gasteiger partial charge in [0.25, 0.3) is 0 Å². The van der Waals surface area contributed by atoms with Crippen molar-refractivity contribution < 1.29 is 0 Å². The fourth-order valence-corrected chi connectivity index (χ4v) is 2.33. The van der Waals surface area contributed by atoms with E-state index in [1.54, 1.807) is 6.20 Å². The van der Waals surface area contributed by atoms with Crippen molar-refractivity contribution in [3.63, 3.8) is 0 Å². The van der Waals surface area contributed by atoms with E-state index in [0.29, 0.717) is 11.6 Å². The molecule has 0 amide bonds. The highest BCUT2D eigenvalue weighted by atomic mass is 15.0. The van der Waals surface area contributed by atoms with E-state index >= 15 is 0 Å². The summed E-state index contributed by atoms with van der Waals surface area (Å²) in [5, 5.41) is 16.8. The molecule has 0 aliphatic carbocycles. The zero-order valence-corrected chi connectivity index (χ0v) is 9.98. The minimum atomic E-state index is 0.460. The number of nitriles is 1. The molecule has 2 aromatic rings. The maximum absolute atomic E-state index is 8.95. The fourth-order valence-electron chi connectivity index (χ4n) is 2.33. The van der Waals surface area contributed by atoms with Gasteiger partial charge in [0.2, 0.25) is 0 Å². The molecule has 18 heavy (non-hydrogen) atoms. The van der Waals surface area contributed by atoms with Crippen LogP contribution in [0.4, 0.5) is 5.69 Å². The van der Waals surface area contributed by atoms with Crippen LogP contribution in [0.2, 0.25) is 0 Å². The molecule has 90 valence electrons. The molecule has 3 rings (SSSR count). The number of nitrogens with zero attached hydrogens (tertiary/aromatic N) is 2. The van der Waals surface area contributed by atoms with E-state index < -0.39 is 0 Å². The van der Waals surface area contributed by atoms with E-state index in [4.69, 9.17) is 5.26 Å². The van der Waals surface area contributed by atoms with Gasteiger partial charge in [0.05, 0.1) is 11.1 Å². The van der Waals surface area contributed by atoms with Gasteiger partial charge in [-0.25, -0.2) is 0 Å². The van der Waals surface area contributed by atoms with Crippen molar-refractivity contribution >= 4 is 16.6 Å². The highest BCUT2D eigenvalue weighted by Crippen LogP contribution is 2.24. The van der Waals surface area contributed by atoms with Gasteiger partial charge in [-0.1, -0.05) is 6.07 Å². The number of benzene rings is 1. The van der Waals surface area contributed by atoms with E-state index in [1.165, 1.54) is 0 Å². The van der Waals surface area contributed by atoms with E-state index in [-0.39, 0.29) is 0 Å². The molecule has 0 bridgehead atoms. The number of pyridine rings is 1. The Kier molecular flexibility index (Phi) is 2.83. The molecule has 2 heterocycles. The second kappa shape index (κ2) is 4.63. The normalized spacial score (nSPS) is 18.7. The van der Waals surface area contributed by atoms with E-state index in [2.05, 4.69) is 21.7 Å². The average molecular weight is 238 g/mol. The number of fused-ring (bicyclic) bond motifs is 1. The van der Waals surface area contributed by atoms with E-state index in [1.807, 2.05) is 24.3 Å². The lowest BCUT2D eigenvalue weighted by Gasteiger charge is -2.14. The van der Waals surface area contributed by atoms with Crippen molar-refractivity contribution in [2.45, 2.75) is 12.5 Å². The first-order valence-corrected chi connectivity index (χ1v) is 6.13. The molecule has 0 radical (unpaired) electrons. The van der Waals surface area contributed by atoms with Crippen LogP contribution in [0.25, 0.3) is 10.9 Å². The Morgan fingerprint density at radius 3 is 3.17 bits per heavy atom. The molecule has 1 saturated heterocycles. The van der Waals surface area contributed by atoms with Crippen LogP contribution in [-0.4, -0.2) is 24.1 Å². The minimum absolute atomic E-state index is 0.460. The van der Waals surface area contributed by atoms with Crippen molar-refractivity contribution in [2.75, 3.05) is 18.4 Å². The summed E-state index contributed by atoms with van der Waals surface area (Å²) < 4.78 is 0. The Labute approximate surface area is 106 Å². The first kappa shape index (κ1) is 11.0. The molecule has 2 N–H and O–H groups in total. The number of hydrogen-bond acceptors (Lipinski definition) is 4. The summed E-state index contributed by atoms with van der Waals surface area (Å²) in [5.74, 6) is 0. The van der Waals surface area contributed by atoms with Crippen LogP contribution in [0, 0.1) is 11.3 Å². The van der Waals surface area contributed by atoms with E-state index in [9.17, 15) is 0 Å². The molecule has 0 saturated carbocycles. The smallest absolute Gasteiger partial charge is 0.101 e. The van der Waals surface area contributed by atoms with Gasteiger partial charge >= 0.3 is 0 Å². The lowest BCUT2D eigenvalue weighted by molar-refractivity contribution is 0.794. The van der Waals surface area contributed by atoms with Crippen LogP contribution < -0.4 is 10.6 Å². The van der Waals surface area contributed by atoms with Crippen molar-refractivity contribution in [1.82, 2.24) is 10.3 Å². The molecule has 1 aromatic heterocycles. The Bertz CT molecular complexity index is 609. The van der Waals surface area contributed by atoms with Gasteiger partial charge in [-0.05, 0) is 31.2 Å². The Morgan fingerprint density at radius 1 is 1.44 bits per heavy atom. The van der Waals surface area contributed by atoms with Gasteiger partial charge in [0.15, 0.2) is 0 Å². The third kappa shape index (κ3) is 2.01. The zero-order chi connectivity index (χ0) is 12.4. The minimum Gasteiger partial charge on any atom is -0.380 e. The first-order chi connectivity index (χ1) is 8.86. The molecular formula is C14H14N4. The van der Waals surface area contributed by atoms with Crippen LogP contribution in [0.1, 0.15) is 12.0 Å². The zero-order valence-electron chi connectivity index (χ0n) is 9.98. The van der Waals surface area contributed by atoms with Gasteiger partial charge in [0, 0.05) is 29.9 Å². The highest BCUT2D eigenvalue weighted by molar-refractivity contribution is 5.92. The molecule has 1 atom stereocenters. The lowest BCUT2D eigenvalue weighted by atomic mass is 10.1. The number of aromatic nitrogens is 1. The van der Waals surface area contributed by atoms with Crippen LogP contribution in [0.5, 0.6) is 0 Å². The lowest BCUT2D eigenvalue weighted by Crippen LogP contribution is -2.22. The quantitative estimate of drug-likeness (QED) is 0.838. The molecule has 1 unspecified atom stereocenters. The van der Waals surface area contributed by atoms with Crippen LogP contribution in [-0.2, 0) is 0 Å². The molecule has 1 fully saturated rings. The maximum Gasteiger partial charge on any atom is 0.101 e. The highest BCUT2D eigenvalue weighted by Gasteiger charge is 2.15. The van der Waals surface area contributed by atoms with Crippen molar-refractivity contribution in [2.24, 2.45) is 0 Å². The fraction of sp³-hybridized carbons (Fsp3) is 0.286. The van der Waals surface area contributed by atoms with E-state index in [0.717, 1.165) is 36.1 Å². The maximum atomic E-state index is 8.95. The van der Waals surface area contributed by atoms with Crippen LogP contribution in [0.3, 0.4) is 0 Å². The third-order valence-electron chi connectivity index (χ3n) is 3.27. The molecule has 1 aromatic carbocycles. The summed E-state index contributed by atoms with van der Waals surface area (Å²) in [7, 11) is 0. The van der Waals surface area contributed by atoms with Gasteiger partial charge in [-0.3, -0.25) is 4.98 Å². The summed E-state index contributed by atoms with van der Waals surface area (Å²) in [6.45, 7) is 2.05. The topological polar surface area (TPSA) is 60.7 Å². The van der Waals surface area contributed by atoms with Crippen LogP contribution >= 0.6 is 0 Å². The summed E-state index contributed by atoms with van der Waals surface area (Å²) in [6.07, 6.45) is 2.74. The standard InChI is InChI=1S/C14H14N4/c15-7-10-6-12-13(17-8-10)2-1-3-14(12)18-11-4-5-16-9-11/h1-3,6,8,11,16,18H,4-5,9H2. The first-order valence-electron chi connectivity index (χ1n) is 6.13. The Morgan fingerprint density at radius 2 is 2.39 bits per heavy atom. The SMILES string of the molecule is N#Cc1cnc2cccc(NC3CCNC3)c2c1. The van der Waals surface area contributed by atoms with Gasteiger partial charge in [0.1, 0.15) is 6.07 Å². The average Bonchev–Trinajstić information content (AvgIpc) is 2.91. The molecular weight excluding hydrogens is 224 g/mol. The number of rotatable bonds is 2. The second-order valence-corrected chi connectivity index (χ2v) is 4.54. The van der Waals surface area contributed by atoms with Gasteiger partial charge in [-0.2, -0.15) is 5.26 Å². The summed E-state index contributed by atoms with van der Waals surface area (Å²) in [6, 6.07) is 10.5. The molecule has 4 nitrogen and oxygen atoms in total. The monoisotopic (exact) mass is 238 g/mol. The second-order valence-electron chi connectivity index (χ2n) is 4.54. The number of anilines is 1. The summed E-state index contributed by atoms with van der Waals surface area (Å²) in [4.78, 5) is 4.31. The number of nitrogens with one attached hydrogen (secondary N) is 2. The predicted molar refractivity (Wildman–Crippen MR) is 71.4 cm³/mol. The van der Waals surface area contributed by atoms with Crippen molar-refractivity contribution in [1.29, 1.82) is 5.26 Å². The third-order valence-corrected chi connectivity index (χ3v) is 3.27. The Hall–Kier alpha value is -2.12. The summed E-state index contributed by atoms with van der Waals surface area (Å²) >= 11 is 0. The molecule has 0 spiro atoms. The molecule has 1 aliphatic heterocycles. The van der Waals surface area contributed by atoms with Crippen molar-refractivity contribution in [3.05, 3.63) is 36.0 Å². The number of hydrogen-bond donors (Lipinski definition) is 2. The van der Waals surface area contributed by atoms with Gasteiger partial charge in [-0.15, -0.1) is 0 Å². The van der Waals surface area contributed by atoms with Crippen LogP contribution in [0.15, 0.2) is 30.5 Å². The van der Waals surface area contributed by atoms with Gasteiger partial charge < -0.3 is 10.6 Å². The molecule has 1 aliphatic rings. The predicted octanol–water partition coefficient (Wildman–Crippen LogP) is 1.88. The largest absolute Gasteiger partial charge is 0.380 e. The summed E-state index contributed by atoms with van der Waals surface area (Å²) in [5.41, 5.74) is 2.58. The Balaban J connectivity index is 2.01. The molecule has 4 heteroatoms.